The molecule has 2 rings (SSSR count). The smallest absolute Gasteiger partial charge is 0.0545 e. The zero-order valence-electron chi connectivity index (χ0n) is 11.1. The molecule has 0 spiro atoms. The first kappa shape index (κ1) is 13.8. The van der Waals surface area contributed by atoms with Crippen LogP contribution >= 0.6 is 0 Å². The zero-order valence-corrected chi connectivity index (χ0v) is 11.9. The lowest BCUT2D eigenvalue weighted by molar-refractivity contribution is 0.392. The molecule has 0 aromatic heterocycles. The van der Waals surface area contributed by atoms with E-state index in [-0.39, 0.29) is 0 Å². The molecule has 1 aliphatic rings. The molecular weight excluding hydrogens is 242 g/mol. The molecule has 0 bridgehead atoms. The highest BCUT2D eigenvalue weighted by atomic mass is 32.2. The van der Waals surface area contributed by atoms with Crippen molar-refractivity contribution in [2.45, 2.75) is 43.5 Å². The third-order valence-corrected chi connectivity index (χ3v) is 5.23. The fraction of sp³-hybridized carbons (Fsp3) is 0.600. The molecule has 1 aromatic rings. The van der Waals surface area contributed by atoms with Crippen LogP contribution in [0.2, 0.25) is 0 Å². The van der Waals surface area contributed by atoms with Crippen molar-refractivity contribution < 1.29 is 4.21 Å². The monoisotopic (exact) mass is 265 g/mol. The van der Waals surface area contributed by atoms with Crippen LogP contribution in [0, 0.1) is 5.92 Å². The normalized spacial score (nSPS) is 19.8. The third kappa shape index (κ3) is 3.66. The van der Waals surface area contributed by atoms with Gasteiger partial charge in [0.2, 0.25) is 0 Å². The molecule has 2 unspecified atom stereocenters. The quantitative estimate of drug-likeness (QED) is 0.857. The molecule has 1 N–H and O–H groups in total. The average molecular weight is 265 g/mol. The minimum Gasteiger partial charge on any atom is -0.313 e. The maximum atomic E-state index is 12.4. The predicted octanol–water partition coefficient (Wildman–Crippen LogP) is 2.96. The number of rotatable bonds is 6. The molecule has 2 atom stereocenters. The lowest BCUT2D eigenvalue weighted by Gasteiger charge is -2.23. The first-order chi connectivity index (χ1) is 8.81. The summed E-state index contributed by atoms with van der Waals surface area (Å²) in [5.41, 5.74) is 0. The van der Waals surface area contributed by atoms with E-state index in [0.29, 0.717) is 6.04 Å². The highest BCUT2D eigenvalue weighted by molar-refractivity contribution is 7.85. The predicted molar refractivity (Wildman–Crippen MR) is 77.1 cm³/mol. The molecule has 1 saturated carbocycles. The van der Waals surface area contributed by atoms with Crippen molar-refractivity contribution >= 4 is 10.8 Å². The second-order valence-electron chi connectivity index (χ2n) is 5.03. The van der Waals surface area contributed by atoms with E-state index < -0.39 is 10.8 Å². The van der Waals surface area contributed by atoms with Gasteiger partial charge in [0, 0.05) is 16.7 Å². The molecular formula is C15H23NOS. The molecule has 100 valence electrons. The summed E-state index contributed by atoms with van der Waals surface area (Å²) in [6, 6.07) is 10.2. The minimum atomic E-state index is -0.873. The SMILES string of the molecule is CCNC(CS(=O)c1ccccc1)C1CCCC1. The van der Waals surface area contributed by atoms with Crippen LogP contribution in [0.25, 0.3) is 0 Å². The fourth-order valence-electron chi connectivity index (χ4n) is 2.82. The Kier molecular flexibility index (Phi) is 5.39. The van der Waals surface area contributed by atoms with Crippen LogP contribution in [0.1, 0.15) is 32.6 Å². The van der Waals surface area contributed by atoms with Gasteiger partial charge in [0.05, 0.1) is 10.8 Å². The van der Waals surface area contributed by atoms with Crippen LogP contribution < -0.4 is 5.32 Å². The van der Waals surface area contributed by atoms with Gasteiger partial charge in [-0.15, -0.1) is 0 Å². The lowest BCUT2D eigenvalue weighted by Crippen LogP contribution is -2.39. The molecule has 0 aliphatic heterocycles. The van der Waals surface area contributed by atoms with Gasteiger partial charge in [-0.3, -0.25) is 4.21 Å². The van der Waals surface area contributed by atoms with Gasteiger partial charge in [-0.1, -0.05) is 38.0 Å². The van der Waals surface area contributed by atoms with E-state index in [1.807, 2.05) is 30.3 Å². The van der Waals surface area contributed by atoms with Crippen LogP contribution in [0.5, 0.6) is 0 Å². The van der Waals surface area contributed by atoms with Crippen LogP contribution in [-0.4, -0.2) is 22.5 Å². The van der Waals surface area contributed by atoms with Crippen molar-refractivity contribution in [1.82, 2.24) is 5.32 Å². The Labute approximate surface area is 113 Å². The lowest BCUT2D eigenvalue weighted by atomic mass is 10.00. The average Bonchev–Trinajstić information content (AvgIpc) is 2.93. The van der Waals surface area contributed by atoms with E-state index in [1.165, 1.54) is 25.7 Å². The summed E-state index contributed by atoms with van der Waals surface area (Å²) in [4.78, 5) is 0.957. The highest BCUT2D eigenvalue weighted by Crippen LogP contribution is 2.28. The summed E-state index contributed by atoms with van der Waals surface area (Å²) >= 11 is 0. The Balaban J connectivity index is 1.97. The Hall–Kier alpha value is -0.670. The fourth-order valence-corrected chi connectivity index (χ4v) is 4.18. The second-order valence-corrected chi connectivity index (χ2v) is 6.53. The molecule has 0 amide bonds. The molecule has 1 aromatic carbocycles. The standard InChI is InChI=1S/C15H23NOS/c1-2-16-15(13-8-6-7-9-13)12-18(17)14-10-4-3-5-11-14/h3-5,10-11,13,15-16H,2,6-9,12H2,1H3. The van der Waals surface area contributed by atoms with Gasteiger partial charge in [-0.05, 0) is 37.4 Å². The summed E-state index contributed by atoms with van der Waals surface area (Å²) in [5.74, 6) is 1.47. The van der Waals surface area contributed by atoms with Crippen molar-refractivity contribution in [3.05, 3.63) is 30.3 Å². The third-order valence-electron chi connectivity index (χ3n) is 3.77. The Morgan fingerprint density at radius 1 is 1.28 bits per heavy atom. The van der Waals surface area contributed by atoms with E-state index in [0.717, 1.165) is 23.1 Å². The molecule has 0 heterocycles. The topological polar surface area (TPSA) is 29.1 Å². The molecule has 18 heavy (non-hydrogen) atoms. The molecule has 1 aliphatic carbocycles. The van der Waals surface area contributed by atoms with Crippen LogP contribution in [0.15, 0.2) is 35.2 Å². The largest absolute Gasteiger partial charge is 0.313 e. The van der Waals surface area contributed by atoms with E-state index in [1.54, 1.807) is 0 Å². The Morgan fingerprint density at radius 2 is 1.94 bits per heavy atom. The summed E-state index contributed by atoms with van der Waals surface area (Å²) in [5, 5.41) is 3.53. The van der Waals surface area contributed by atoms with Gasteiger partial charge in [0.15, 0.2) is 0 Å². The van der Waals surface area contributed by atoms with Gasteiger partial charge >= 0.3 is 0 Å². The van der Waals surface area contributed by atoms with Gasteiger partial charge in [0.1, 0.15) is 0 Å². The van der Waals surface area contributed by atoms with Gasteiger partial charge < -0.3 is 5.32 Å². The van der Waals surface area contributed by atoms with Crippen molar-refractivity contribution in [1.29, 1.82) is 0 Å². The number of nitrogens with one attached hydrogen (secondary N) is 1. The summed E-state index contributed by atoms with van der Waals surface area (Å²) < 4.78 is 12.4. The molecule has 1 fully saturated rings. The zero-order chi connectivity index (χ0) is 12.8. The van der Waals surface area contributed by atoms with Gasteiger partial charge in [0.25, 0.3) is 0 Å². The van der Waals surface area contributed by atoms with Gasteiger partial charge in [-0.2, -0.15) is 0 Å². The van der Waals surface area contributed by atoms with Crippen molar-refractivity contribution in [3.63, 3.8) is 0 Å². The Morgan fingerprint density at radius 3 is 2.56 bits per heavy atom. The van der Waals surface area contributed by atoms with Crippen molar-refractivity contribution in [2.24, 2.45) is 5.92 Å². The van der Waals surface area contributed by atoms with Crippen molar-refractivity contribution in [2.75, 3.05) is 12.3 Å². The molecule has 2 nitrogen and oxygen atoms in total. The van der Waals surface area contributed by atoms with E-state index in [2.05, 4.69) is 12.2 Å². The van der Waals surface area contributed by atoms with Crippen LogP contribution in [0.4, 0.5) is 0 Å². The first-order valence-electron chi connectivity index (χ1n) is 6.98. The van der Waals surface area contributed by atoms with Crippen molar-refractivity contribution in [3.8, 4) is 0 Å². The summed E-state index contributed by atoms with van der Waals surface area (Å²) in [7, 11) is -0.873. The number of benzene rings is 1. The number of hydrogen-bond donors (Lipinski definition) is 1. The van der Waals surface area contributed by atoms with E-state index in [4.69, 9.17) is 0 Å². The molecule has 0 radical (unpaired) electrons. The maximum absolute atomic E-state index is 12.4. The van der Waals surface area contributed by atoms with Crippen LogP contribution in [-0.2, 0) is 10.8 Å². The van der Waals surface area contributed by atoms with Crippen LogP contribution in [0.3, 0.4) is 0 Å². The van der Waals surface area contributed by atoms with E-state index in [9.17, 15) is 4.21 Å². The highest BCUT2D eigenvalue weighted by Gasteiger charge is 2.26. The summed E-state index contributed by atoms with van der Waals surface area (Å²) in [6.45, 7) is 3.10. The minimum absolute atomic E-state index is 0.415. The maximum Gasteiger partial charge on any atom is 0.0545 e. The first-order valence-corrected chi connectivity index (χ1v) is 8.30. The summed E-state index contributed by atoms with van der Waals surface area (Å²) in [6.07, 6.45) is 5.27. The molecule has 0 saturated heterocycles. The number of hydrogen-bond acceptors (Lipinski definition) is 2. The van der Waals surface area contributed by atoms with E-state index >= 15 is 0 Å². The Bertz CT molecular complexity index is 373. The second kappa shape index (κ2) is 7.05. The molecule has 3 heteroatoms. The van der Waals surface area contributed by atoms with Gasteiger partial charge in [-0.25, -0.2) is 0 Å².